The second-order valence-electron chi connectivity index (χ2n) is 6.85. The zero-order valence-corrected chi connectivity index (χ0v) is 15.9. The molecular weight excluding hydrogens is 384 g/mol. The second-order valence-corrected chi connectivity index (χ2v) is 7.29. The van der Waals surface area contributed by atoms with Crippen LogP contribution >= 0.6 is 11.6 Å². The van der Waals surface area contributed by atoms with Crippen molar-refractivity contribution in [2.75, 3.05) is 0 Å². The van der Waals surface area contributed by atoms with Crippen molar-refractivity contribution < 1.29 is 8.83 Å². The molecule has 3 aromatic carbocycles. The van der Waals surface area contributed by atoms with Crippen LogP contribution in [0.5, 0.6) is 0 Å². The third-order valence-electron chi connectivity index (χ3n) is 4.94. The molecule has 0 fully saturated rings. The highest BCUT2D eigenvalue weighted by molar-refractivity contribution is 6.31. The Morgan fingerprint density at radius 1 is 0.586 bits per heavy atom. The Balaban J connectivity index is 1.67. The van der Waals surface area contributed by atoms with Crippen molar-refractivity contribution in [2.24, 2.45) is 0 Å². The van der Waals surface area contributed by atoms with Gasteiger partial charge < -0.3 is 8.83 Å². The molecule has 0 N–H and O–H groups in total. The molecule has 0 aliphatic rings. The lowest BCUT2D eigenvalue weighted by Crippen LogP contribution is -1.94. The van der Waals surface area contributed by atoms with Crippen molar-refractivity contribution in [3.05, 3.63) is 83.9 Å². The van der Waals surface area contributed by atoms with E-state index in [4.69, 9.17) is 30.4 Å². The molecule has 4 nitrogen and oxygen atoms in total. The minimum atomic E-state index is 0.610. The maximum Gasteiger partial charge on any atom is 0.156 e. The summed E-state index contributed by atoms with van der Waals surface area (Å²) < 4.78 is 12.2. The molecule has 0 aliphatic heterocycles. The third kappa shape index (κ3) is 2.69. The topological polar surface area (TPSA) is 52.1 Å². The average Bonchev–Trinajstić information content (AvgIpc) is 3.36. The van der Waals surface area contributed by atoms with Crippen LogP contribution in [0.4, 0.5) is 0 Å². The van der Waals surface area contributed by atoms with Gasteiger partial charge >= 0.3 is 0 Å². The Morgan fingerprint density at radius 3 is 1.72 bits per heavy atom. The normalized spacial score (nSPS) is 11.6. The van der Waals surface area contributed by atoms with Gasteiger partial charge in [-0.3, -0.25) is 0 Å². The molecule has 6 rings (SSSR count). The first kappa shape index (κ1) is 16.3. The van der Waals surface area contributed by atoms with Gasteiger partial charge in [0.15, 0.2) is 11.5 Å². The van der Waals surface area contributed by atoms with Crippen molar-refractivity contribution in [2.45, 2.75) is 0 Å². The summed E-state index contributed by atoms with van der Waals surface area (Å²) in [7, 11) is 0. The van der Waals surface area contributed by atoms with Crippen molar-refractivity contribution in [1.29, 1.82) is 0 Å². The monoisotopic (exact) mass is 396 g/mol. The quantitative estimate of drug-likeness (QED) is 0.313. The van der Waals surface area contributed by atoms with E-state index in [0.717, 1.165) is 27.5 Å². The van der Waals surface area contributed by atoms with Crippen LogP contribution in [0.2, 0.25) is 5.02 Å². The number of nitrogens with zero attached hydrogens (tertiary/aromatic N) is 2. The van der Waals surface area contributed by atoms with Gasteiger partial charge in [0, 0.05) is 15.8 Å². The molecule has 0 amide bonds. The van der Waals surface area contributed by atoms with Crippen LogP contribution < -0.4 is 0 Å². The summed E-state index contributed by atoms with van der Waals surface area (Å²) in [6.07, 6.45) is 0. The van der Waals surface area contributed by atoms with E-state index in [1.165, 1.54) is 0 Å². The Hall–Kier alpha value is -3.63. The SMILES string of the molecule is Clc1ccc2nc(-c3cc4ccccc4o3)c(-c3cc4ccccc4o3)nc2c1. The number of para-hydroxylation sites is 2. The highest BCUT2D eigenvalue weighted by Gasteiger charge is 2.20. The highest BCUT2D eigenvalue weighted by Crippen LogP contribution is 2.36. The molecule has 0 unspecified atom stereocenters. The first-order valence-electron chi connectivity index (χ1n) is 9.20. The van der Waals surface area contributed by atoms with Crippen molar-refractivity contribution >= 4 is 44.6 Å². The van der Waals surface area contributed by atoms with Crippen molar-refractivity contribution in [1.82, 2.24) is 9.97 Å². The third-order valence-corrected chi connectivity index (χ3v) is 5.18. The van der Waals surface area contributed by atoms with Gasteiger partial charge in [0.05, 0.1) is 11.0 Å². The van der Waals surface area contributed by atoms with E-state index >= 15 is 0 Å². The zero-order valence-electron chi connectivity index (χ0n) is 15.1. The van der Waals surface area contributed by atoms with Crippen LogP contribution in [0.15, 0.2) is 87.7 Å². The van der Waals surface area contributed by atoms with Gasteiger partial charge in [0.25, 0.3) is 0 Å². The summed E-state index contributed by atoms with van der Waals surface area (Å²) in [6, 6.07) is 25.2. The number of hydrogen-bond acceptors (Lipinski definition) is 4. The molecule has 5 heteroatoms. The molecule has 3 aromatic heterocycles. The second kappa shape index (κ2) is 6.19. The number of fused-ring (bicyclic) bond motifs is 3. The largest absolute Gasteiger partial charge is 0.454 e. The van der Waals surface area contributed by atoms with E-state index in [0.29, 0.717) is 33.4 Å². The van der Waals surface area contributed by atoms with Crippen LogP contribution in [0.3, 0.4) is 0 Å². The highest BCUT2D eigenvalue weighted by atomic mass is 35.5. The fourth-order valence-corrected chi connectivity index (χ4v) is 3.73. The summed E-state index contributed by atoms with van der Waals surface area (Å²) >= 11 is 6.18. The summed E-state index contributed by atoms with van der Waals surface area (Å²) in [5.74, 6) is 1.28. The Kier molecular flexibility index (Phi) is 3.49. The number of halogens is 1. The molecule has 0 bridgehead atoms. The molecule has 0 spiro atoms. The van der Waals surface area contributed by atoms with Crippen LogP contribution in [-0.4, -0.2) is 9.97 Å². The summed E-state index contributed by atoms with van der Waals surface area (Å²) in [5, 5.41) is 2.63. The molecule has 0 atom stereocenters. The lowest BCUT2D eigenvalue weighted by atomic mass is 10.1. The van der Waals surface area contributed by atoms with E-state index in [-0.39, 0.29) is 0 Å². The average molecular weight is 397 g/mol. The van der Waals surface area contributed by atoms with Crippen LogP contribution in [0.25, 0.3) is 55.9 Å². The Labute approximate surface area is 170 Å². The first-order chi connectivity index (χ1) is 14.2. The summed E-state index contributed by atoms with van der Waals surface area (Å²) in [4.78, 5) is 9.70. The Bertz CT molecular complexity index is 1460. The van der Waals surface area contributed by atoms with Gasteiger partial charge in [0.1, 0.15) is 22.6 Å². The van der Waals surface area contributed by atoms with E-state index in [1.54, 1.807) is 6.07 Å². The number of rotatable bonds is 2. The maximum atomic E-state index is 6.18. The minimum Gasteiger partial charge on any atom is -0.454 e. The maximum absolute atomic E-state index is 6.18. The van der Waals surface area contributed by atoms with Crippen LogP contribution in [-0.2, 0) is 0 Å². The van der Waals surface area contributed by atoms with Gasteiger partial charge in [0.2, 0.25) is 0 Å². The minimum absolute atomic E-state index is 0.610. The molecule has 29 heavy (non-hydrogen) atoms. The van der Waals surface area contributed by atoms with E-state index < -0.39 is 0 Å². The fourth-order valence-electron chi connectivity index (χ4n) is 3.57. The van der Waals surface area contributed by atoms with Gasteiger partial charge in [-0.1, -0.05) is 48.0 Å². The van der Waals surface area contributed by atoms with Crippen LogP contribution in [0.1, 0.15) is 0 Å². The van der Waals surface area contributed by atoms with Crippen molar-refractivity contribution in [3.8, 4) is 22.9 Å². The summed E-state index contributed by atoms with van der Waals surface area (Å²) in [6.45, 7) is 0. The number of furan rings is 2. The lowest BCUT2D eigenvalue weighted by Gasteiger charge is -2.06. The molecule has 0 saturated carbocycles. The predicted octanol–water partition coefficient (Wildman–Crippen LogP) is 7.11. The number of aromatic nitrogens is 2. The molecular formula is C24H13ClN2O2. The molecule has 0 radical (unpaired) electrons. The number of benzene rings is 3. The van der Waals surface area contributed by atoms with Gasteiger partial charge in [-0.2, -0.15) is 0 Å². The standard InChI is InChI=1S/C24H13ClN2O2/c25-16-9-10-17-18(13-16)27-24(22-12-15-6-2-4-8-20(15)29-22)23(26-17)21-11-14-5-1-3-7-19(14)28-21/h1-13H. The first-order valence-corrected chi connectivity index (χ1v) is 9.58. The van der Waals surface area contributed by atoms with E-state index in [1.807, 2.05) is 72.8 Å². The van der Waals surface area contributed by atoms with Gasteiger partial charge in [-0.15, -0.1) is 0 Å². The molecule has 0 saturated heterocycles. The molecule has 3 heterocycles. The van der Waals surface area contributed by atoms with Crippen molar-refractivity contribution in [3.63, 3.8) is 0 Å². The van der Waals surface area contributed by atoms with Crippen LogP contribution in [0, 0.1) is 0 Å². The van der Waals surface area contributed by atoms with Gasteiger partial charge in [-0.05, 0) is 42.5 Å². The van der Waals surface area contributed by atoms with E-state index in [9.17, 15) is 0 Å². The molecule has 138 valence electrons. The Morgan fingerprint density at radius 2 is 1.14 bits per heavy atom. The fraction of sp³-hybridized carbons (Fsp3) is 0. The van der Waals surface area contributed by atoms with Gasteiger partial charge in [-0.25, -0.2) is 9.97 Å². The zero-order chi connectivity index (χ0) is 19.4. The smallest absolute Gasteiger partial charge is 0.156 e. The number of hydrogen-bond donors (Lipinski definition) is 0. The molecule has 6 aromatic rings. The lowest BCUT2D eigenvalue weighted by molar-refractivity contribution is 0.619. The predicted molar refractivity (Wildman–Crippen MR) is 115 cm³/mol. The molecule has 0 aliphatic carbocycles. The van der Waals surface area contributed by atoms with E-state index in [2.05, 4.69) is 0 Å². The summed E-state index contributed by atoms with van der Waals surface area (Å²) in [5.41, 5.74) is 4.30.